The highest BCUT2D eigenvalue weighted by molar-refractivity contribution is 7.98. The Morgan fingerprint density at radius 2 is 2.21 bits per heavy atom. The maximum atomic E-state index is 6.44. The van der Waals surface area contributed by atoms with Crippen LogP contribution in [0.3, 0.4) is 0 Å². The van der Waals surface area contributed by atoms with Crippen molar-refractivity contribution in [3.63, 3.8) is 0 Å². The van der Waals surface area contributed by atoms with Crippen LogP contribution in [0.4, 0.5) is 0 Å². The topological polar surface area (TPSA) is 0 Å². The molecule has 0 aromatic heterocycles. The fourth-order valence-electron chi connectivity index (χ4n) is 2.15. The molecule has 0 radical (unpaired) electrons. The van der Waals surface area contributed by atoms with E-state index in [9.17, 15) is 0 Å². The fraction of sp³-hybridized carbons (Fsp3) is 0.500. The van der Waals surface area contributed by atoms with Crippen LogP contribution in [0.1, 0.15) is 22.9 Å². The SMILES string of the molecule is CSCCC1Cc2ccccc2C1Cl. The van der Waals surface area contributed by atoms with E-state index in [4.69, 9.17) is 11.6 Å². The van der Waals surface area contributed by atoms with Crippen LogP contribution < -0.4 is 0 Å². The lowest BCUT2D eigenvalue weighted by atomic mass is 10.0. The van der Waals surface area contributed by atoms with Gasteiger partial charge in [-0.15, -0.1) is 11.6 Å². The van der Waals surface area contributed by atoms with Gasteiger partial charge < -0.3 is 0 Å². The minimum absolute atomic E-state index is 0.248. The summed E-state index contributed by atoms with van der Waals surface area (Å²) < 4.78 is 0. The average molecular weight is 227 g/mol. The van der Waals surface area contributed by atoms with Gasteiger partial charge in [0.25, 0.3) is 0 Å². The quantitative estimate of drug-likeness (QED) is 0.705. The molecule has 1 aliphatic rings. The molecule has 1 aliphatic carbocycles. The lowest BCUT2D eigenvalue weighted by Crippen LogP contribution is -2.03. The molecular weight excluding hydrogens is 212 g/mol. The number of halogens is 1. The van der Waals surface area contributed by atoms with Gasteiger partial charge in [0.05, 0.1) is 5.38 Å². The molecule has 1 aromatic rings. The van der Waals surface area contributed by atoms with Gasteiger partial charge in [0.1, 0.15) is 0 Å². The van der Waals surface area contributed by atoms with E-state index in [2.05, 4.69) is 30.5 Å². The van der Waals surface area contributed by atoms with Crippen molar-refractivity contribution in [1.82, 2.24) is 0 Å². The third-order valence-electron chi connectivity index (χ3n) is 2.94. The van der Waals surface area contributed by atoms with Gasteiger partial charge in [-0.3, -0.25) is 0 Å². The minimum atomic E-state index is 0.248. The second-order valence-electron chi connectivity index (χ2n) is 3.85. The molecule has 2 heteroatoms. The number of alkyl halides is 1. The molecule has 0 heterocycles. The van der Waals surface area contributed by atoms with E-state index in [-0.39, 0.29) is 5.38 Å². The average Bonchev–Trinajstić information content (AvgIpc) is 2.54. The summed E-state index contributed by atoms with van der Waals surface area (Å²) in [7, 11) is 0. The van der Waals surface area contributed by atoms with Crippen molar-refractivity contribution >= 4 is 23.4 Å². The predicted molar refractivity (Wildman–Crippen MR) is 65.2 cm³/mol. The van der Waals surface area contributed by atoms with Crippen molar-refractivity contribution < 1.29 is 0 Å². The Labute approximate surface area is 95.0 Å². The van der Waals surface area contributed by atoms with Crippen LogP contribution in [0.15, 0.2) is 24.3 Å². The maximum absolute atomic E-state index is 6.44. The van der Waals surface area contributed by atoms with E-state index in [0.29, 0.717) is 5.92 Å². The van der Waals surface area contributed by atoms with Gasteiger partial charge in [-0.2, -0.15) is 11.8 Å². The summed E-state index contributed by atoms with van der Waals surface area (Å²) in [5.74, 6) is 1.88. The zero-order valence-corrected chi connectivity index (χ0v) is 9.94. The highest BCUT2D eigenvalue weighted by Gasteiger charge is 2.29. The Hall–Kier alpha value is -0.140. The standard InChI is InChI=1S/C12H15ClS/c1-14-7-6-10-8-9-4-2-3-5-11(9)12(10)13/h2-5,10,12H,6-8H2,1H3. The van der Waals surface area contributed by atoms with Gasteiger partial charge in [-0.1, -0.05) is 24.3 Å². The van der Waals surface area contributed by atoms with Crippen LogP contribution >= 0.6 is 23.4 Å². The summed E-state index contributed by atoms with van der Waals surface area (Å²) in [6.45, 7) is 0. The fourth-order valence-corrected chi connectivity index (χ4v) is 3.11. The first-order valence-electron chi connectivity index (χ1n) is 5.03. The summed E-state index contributed by atoms with van der Waals surface area (Å²) in [5, 5.41) is 0.248. The van der Waals surface area contributed by atoms with Crippen LogP contribution in [0, 0.1) is 5.92 Å². The molecule has 14 heavy (non-hydrogen) atoms. The summed E-state index contributed by atoms with van der Waals surface area (Å²) in [6, 6.07) is 8.58. The van der Waals surface area contributed by atoms with E-state index in [1.54, 1.807) is 0 Å². The molecule has 0 fully saturated rings. The second-order valence-corrected chi connectivity index (χ2v) is 5.30. The van der Waals surface area contributed by atoms with Gasteiger partial charge in [-0.25, -0.2) is 0 Å². The van der Waals surface area contributed by atoms with E-state index in [1.807, 2.05) is 11.8 Å². The number of hydrogen-bond donors (Lipinski definition) is 0. The van der Waals surface area contributed by atoms with Crippen molar-refractivity contribution in [3.05, 3.63) is 35.4 Å². The molecule has 0 spiro atoms. The lowest BCUT2D eigenvalue weighted by Gasteiger charge is -2.12. The normalized spacial score (nSPS) is 25.0. The molecule has 2 unspecified atom stereocenters. The van der Waals surface area contributed by atoms with Gasteiger partial charge in [0, 0.05) is 0 Å². The lowest BCUT2D eigenvalue weighted by molar-refractivity contribution is 0.532. The number of fused-ring (bicyclic) bond motifs is 1. The van der Waals surface area contributed by atoms with Crippen LogP contribution in [-0.2, 0) is 6.42 Å². The van der Waals surface area contributed by atoms with Crippen molar-refractivity contribution in [3.8, 4) is 0 Å². The first kappa shape index (κ1) is 10.4. The van der Waals surface area contributed by atoms with Gasteiger partial charge in [0.15, 0.2) is 0 Å². The highest BCUT2D eigenvalue weighted by atomic mass is 35.5. The summed E-state index contributed by atoms with van der Waals surface area (Å²) >= 11 is 8.35. The van der Waals surface area contributed by atoms with Crippen LogP contribution in [0.25, 0.3) is 0 Å². The Morgan fingerprint density at radius 1 is 1.43 bits per heavy atom. The molecule has 0 saturated heterocycles. The number of hydrogen-bond acceptors (Lipinski definition) is 1. The zero-order chi connectivity index (χ0) is 9.97. The maximum Gasteiger partial charge on any atom is 0.0619 e. The van der Waals surface area contributed by atoms with Crippen LogP contribution in [-0.4, -0.2) is 12.0 Å². The summed E-state index contributed by atoms with van der Waals surface area (Å²) in [4.78, 5) is 0. The molecule has 0 bridgehead atoms. The Balaban J connectivity index is 2.09. The van der Waals surface area contributed by atoms with E-state index in [1.165, 1.54) is 29.7 Å². The number of thioether (sulfide) groups is 1. The Bertz CT molecular complexity index is 311. The van der Waals surface area contributed by atoms with Crippen molar-refractivity contribution in [2.75, 3.05) is 12.0 Å². The smallest absolute Gasteiger partial charge is 0.0619 e. The molecule has 0 amide bonds. The first-order chi connectivity index (χ1) is 6.83. The van der Waals surface area contributed by atoms with Gasteiger partial charge in [0.2, 0.25) is 0 Å². The number of rotatable bonds is 3. The monoisotopic (exact) mass is 226 g/mol. The van der Waals surface area contributed by atoms with Gasteiger partial charge >= 0.3 is 0 Å². The minimum Gasteiger partial charge on any atom is -0.165 e. The number of benzene rings is 1. The molecule has 0 aliphatic heterocycles. The predicted octanol–water partition coefficient (Wildman–Crippen LogP) is 3.89. The Kier molecular flexibility index (Phi) is 3.40. The molecule has 0 N–H and O–H groups in total. The highest BCUT2D eigenvalue weighted by Crippen LogP contribution is 2.42. The molecule has 2 rings (SSSR count). The van der Waals surface area contributed by atoms with E-state index in [0.717, 1.165) is 0 Å². The van der Waals surface area contributed by atoms with Crippen molar-refractivity contribution in [2.45, 2.75) is 18.2 Å². The van der Waals surface area contributed by atoms with E-state index >= 15 is 0 Å². The van der Waals surface area contributed by atoms with Gasteiger partial charge in [-0.05, 0) is 41.9 Å². The molecule has 76 valence electrons. The van der Waals surface area contributed by atoms with Crippen molar-refractivity contribution in [1.29, 1.82) is 0 Å². The Morgan fingerprint density at radius 3 is 2.93 bits per heavy atom. The second kappa shape index (κ2) is 4.59. The molecule has 0 nitrogen and oxygen atoms in total. The third kappa shape index (κ3) is 1.94. The summed E-state index contributed by atoms with van der Waals surface area (Å²) in [6.07, 6.45) is 4.57. The molecular formula is C12H15ClS. The van der Waals surface area contributed by atoms with Crippen LogP contribution in [0.2, 0.25) is 0 Å². The zero-order valence-electron chi connectivity index (χ0n) is 8.37. The van der Waals surface area contributed by atoms with E-state index < -0.39 is 0 Å². The largest absolute Gasteiger partial charge is 0.165 e. The molecule has 2 atom stereocenters. The van der Waals surface area contributed by atoms with Crippen LogP contribution in [0.5, 0.6) is 0 Å². The summed E-state index contributed by atoms with van der Waals surface area (Å²) in [5.41, 5.74) is 2.82. The third-order valence-corrected chi connectivity index (χ3v) is 4.18. The molecule has 1 aromatic carbocycles. The first-order valence-corrected chi connectivity index (χ1v) is 6.86. The van der Waals surface area contributed by atoms with Crippen molar-refractivity contribution in [2.24, 2.45) is 5.92 Å². The molecule has 0 saturated carbocycles.